The second kappa shape index (κ2) is 8.99. The Bertz CT molecular complexity index is 670. The number of nitrogens with zero attached hydrogens (tertiary/aromatic N) is 1. The van der Waals surface area contributed by atoms with Crippen LogP contribution in [0, 0.1) is 0 Å². The first-order valence-electron chi connectivity index (χ1n) is 9.46. The van der Waals surface area contributed by atoms with E-state index in [1.54, 1.807) is 0 Å². The van der Waals surface area contributed by atoms with Gasteiger partial charge in [-0.1, -0.05) is 36.6 Å². The first-order valence-corrected chi connectivity index (χ1v) is 9.46. The number of benzene rings is 1. The maximum absolute atomic E-state index is 10.5. The lowest BCUT2D eigenvalue weighted by molar-refractivity contribution is -0.147. The van der Waals surface area contributed by atoms with E-state index < -0.39 is 0 Å². The first kappa shape index (κ1) is 17.9. The van der Waals surface area contributed by atoms with Gasteiger partial charge in [0.05, 0.1) is 5.69 Å². The highest BCUT2D eigenvalue weighted by atomic mass is 16.5. The number of carbonyl (C=O) groups is 1. The molecule has 4 rings (SSSR count). The van der Waals surface area contributed by atoms with E-state index in [1.165, 1.54) is 50.1 Å². The molecule has 5 nitrogen and oxygen atoms in total. The molecule has 5 heteroatoms. The molecule has 1 saturated carbocycles. The van der Waals surface area contributed by atoms with Crippen LogP contribution in [0.4, 0.5) is 0 Å². The average Bonchev–Trinajstić information content (AvgIpc) is 3.07. The van der Waals surface area contributed by atoms with Crippen LogP contribution in [0.1, 0.15) is 63.5 Å². The van der Waals surface area contributed by atoms with Crippen molar-refractivity contribution in [3.63, 3.8) is 0 Å². The fraction of sp³-hybridized carbons (Fsp3) is 0.600. The molecule has 2 aliphatic rings. The Labute approximate surface area is 149 Å². The highest BCUT2D eigenvalue weighted by Gasteiger charge is 2.21. The molecule has 1 aliphatic carbocycles. The molecule has 1 aliphatic heterocycles. The second-order valence-electron chi connectivity index (χ2n) is 6.96. The molecule has 0 amide bonds. The van der Waals surface area contributed by atoms with Gasteiger partial charge in [0, 0.05) is 18.2 Å². The summed E-state index contributed by atoms with van der Waals surface area (Å²) in [5.74, 6) is 0.467. The lowest BCUT2D eigenvalue weighted by atomic mass is 9.86. The number of piperidine rings is 1. The monoisotopic (exact) mass is 344 g/mol. The quantitative estimate of drug-likeness (QED) is 0.828. The van der Waals surface area contributed by atoms with Crippen molar-refractivity contribution in [1.82, 2.24) is 10.5 Å². The minimum absolute atomic E-state index is 0.160. The summed E-state index contributed by atoms with van der Waals surface area (Å²) < 4.78 is 10.4. The Morgan fingerprint density at radius 2 is 1.84 bits per heavy atom. The van der Waals surface area contributed by atoms with Crippen LogP contribution < -0.4 is 5.32 Å². The summed E-state index contributed by atoms with van der Waals surface area (Å²) in [6.07, 6.45) is 8.69. The predicted octanol–water partition coefficient (Wildman–Crippen LogP) is 4.18. The van der Waals surface area contributed by atoms with Crippen LogP contribution >= 0.6 is 0 Å². The van der Waals surface area contributed by atoms with Crippen LogP contribution in [-0.4, -0.2) is 30.3 Å². The van der Waals surface area contributed by atoms with Gasteiger partial charge in [0.1, 0.15) is 6.10 Å². The number of aromatic nitrogens is 1. The number of esters is 1. The van der Waals surface area contributed by atoms with Crippen LogP contribution in [0.3, 0.4) is 0 Å². The summed E-state index contributed by atoms with van der Waals surface area (Å²) in [6, 6.07) is 8.18. The molecule has 2 heterocycles. The normalized spacial score (nSPS) is 19.2. The number of ether oxygens (including phenoxy) is 1. The zero-order chi connectivity index (χ0) is 17.5. The molecular weight excluding hydrogens is 316 g/mol. The molecule has 0 bridgehead atoms. The summed E-state index contributed by atoms with van der Waals surface area (Å²) in [5, 5.41) is 8.65. The van der Waals surface area contributed by atoms with E-state index in [0.29, 0.717) is 5.92 Å². The Hall–Kier alpha value is -1.88. The fourth-order valence-electron chi connectivity index (χ4n) is 3.72. The van der Waals surface area contributed by atoms with Crippen molar-refractivity contribution in [2.45, 2.75) is 63.9 Å². The van der Waals surface area contributed by atoms with E-state index in [-0.39, 0.29) is 12.1 Å². The van der Waals surface area contributed by atoms with E-state index in [1.807, 2.05) is 12.1 Å². The summed E-state index contributed by atoms with van der Waals surface area (Å²) >= 11 is 0. The first-order chi connectivity index (χ1) is 12.2. The minimum Gasteiger partial charge on any atom is -0.462 e. The van der Waals surface area contributed by atoms with Crippen LogP contribution in [-0.2, 0) is 9.53 Å². The molecule has 0 spiro atoms. The molecule has 1 aromatic carbocycles. The van der Waals surface area contributed by atoms with Crippen LogP contribution in [0.2, 0.25) is 0 Å². The molecule has 1 saturated heterocycles. The summed E-state index contributed by atoms with van der Waals surface area (Å²) in [6.45, 7) is 3.40. The Balaban J connectivity index is 0.000000160. The molecule has 0 atom stereocenters. The second-order valence-corrected chi connectivity index (χ2v) is 6.96. The third-order valence-electron chi connectivity index (χ3n) is 5.02. The zero-order valence-corrected chi connectivity index (χ0v) is 15.0. The molecular formula is C20H28N2O3. The Morgan fingerprint density at radius 1 is 1.12 bits per heavy atom. The van der Waals surface area contributed by atoms with Gasteiger partial charge < -0.3 is 14.6 Å². The van der Waals surface area contributed by atoms with Gasteiger partial charge in [-0.15, -0.1) is 0 Å². The number of para-hydroxylation sites is 1. The third kappa shape index (κ3) is 5.05. The fourth-order valence-corrected chi connectivity index (χ4v) is 3.72. The molecule has 25 heavy (non-hydrogen) atoms. The van der Waals surface area contributed by atoms with Gasteiger partial charge in [0.15, 0.2) is 5.58 Å². The highest BCUT2D eigenvalue weighted by Crippen LogP contribution is 2.35. The summed E-state index contributed by atoms with van der Waals surface area (Å²) in [7, 11) is 0. The Kier molecular flexibility index (Phi) is 6.45. The van der Waals surface area contributed by atoms with Crippen LogP contribution in [0.15, 0.2) is 28.8 Å². The lowest BCUT2D eigenvalue weighted by Gasteiger charge is -2.21. The topological polar surface area (TPSA) is 64.4 Å². The number of fused-ring (bicyclic) bond motifs is 1. The van der Waals surface area contributed by atoms with E-state index in [9.17, 15) is 4.79 Å². The van der Waals surface area contributed by atoms with Crippen LogP contribution in [0.25, 0.3) is 11.0 Å². The van der Waals surface area contributed by atoms with Crippen molar-refractivity contribution < 1.29 is 14.1 Å². The van der Waals surface area contributed by atoms with E-state index >= 15 is 0 Å². The number of carbonyl (C=O) groups excluding carboxylic acids is 1. The molecule has 1 aromatic heterocycles. The van der Waals surface area contributed by atoms with Crippen LogP contribution in [0.5, 0.6) is 0 Å². The van der Waals surface area contributed by atoms with Crippen molar-refractivity contribution >= 4 is 16.9 Å². The largest absolute Gasteiger partial charge is 0.462 e. The number of hydrogen-bond acceptors (Lipinski definition) is 5. The van der Waals surface area contributed by atoms with Gasteiger partial charge in [0.2, 0.25) is 0 Å². The van der Waals surface area contributed by atoms with Gasteiger partial charge in [-0.3, -0.25) is 4.79 Å². The molecule has 1 N–H and O–H groups in total. The average molecular weight is 344 g/mol. The zero-order valence-electron chi connectivity index (χ0n) is 15.0. The number of nitrogens with one attached hydrogen (secondary N) is 1. The molecule has 2 fully saturated rings. The van der Waals surface area contributed by atoms with E-state index in [2.05, 4.69) is 22.6 Å². The molecule has 0 unspecified atom stereocenters. The third-order valence-corrected chi connectivity index (χ3v) is 5.02. The van der Waals surface area contributed by atoms with Crippen molar-refractivity contribution in [3.05, 3.63) is 30.0 Å². The van der Waals surface area contributed by atoms with Crippen molar-refractivity contribution in [1.29, 1.82) is 0 Å². The van der Waals surface area contributed by atoms with Gasteiger partial charge >= 0.3 is 5.97 Å². The smallest absolute Gasteiger partial charge is 0.302 e. The van der Waals surface area contributed by atoms with Gasteiger partial charge in [-0.2, -0.15) is 0 Å². The summed E-state index contributed by atoms with van der Waals surface area (Å²) in [4.78, 5) is 10.5. The van der Waals surface area contributed by atoms with Gasteiger partial charge in [-0.05, 0) is 50.9 Å². The molecule has 0 radical (unpaired) electrons. The molecule has 2 aromatic rings. The summed E-state index contributed by atoms with van der Waals surface area (Å²) in [5.41, 5.74) is 2.11. The van der Waals surface area contributed by atoms with E-state index in [0.717, 1.165) is 31.5 Å². The standard InChI is InChI=1S/C13H15NO.C7H13NO2/c1-2-6-10(7-3-1)13-11-8-4-5-9-12(11)15-14-13;1-6(9)10-7-2-4-8-5-3-7/h4-5,8-10H,1-3,6-7H2;7-8H,2-5H2,1H3. The number of rotatable bonds is 2. The highest BCUT2D eigenvalue weighted by molar-refractivity contribution is 5.79. The lowest BCUT2D eigenvalue weighted by Crippen LogP contribution is -2.33. The van der Waals surface area contributed by atoms with Gasteiger partial charge in [-0.25, -0.2) is 0 Å². The number of hydrogen-bond donors (Lipinski definition) is 1. The van der Waals surface area contributed by atoms with Gasteiger partial charge in [0.25, 0.3) is 0 Å². The maximum Gasteiger partial charge on any atom is 0.302 e. The minimum atomic E-state index is -0.160. The van der Waals surface area contributed by atoms with E-state index in [4.69, 9.17) is 9.26 Å². The van der Waals surface area contributed by atoms with Crippen molar-refractivity contribution in [3.8, 4) is 0 Å². The SMILES string of the molecule is CC(=O)OC1CCNCC1.c1ccc2c(C3CCCCC3)noc2c1. The predicted molar refractivity (Wildman–Crippen MR) is 97.5 cm³/mol. The maximum atomic E-state index is 10.5. The van der Waals surface area contributed by atoms with Crippen molar-refractivity contribution in [2.24, 2.45) is 0 Å². The Morgan fingerprint density at radius 3 is 2.56 bits per heavy atom. The van der Waals surface area contributed by atoms with Crippen molar-refractivity contribution in [2.75, 3.05) is 13.1 Å². The molecule has 136 valence electrons.